The third-order valence-electron chi connectivity index (χ3n) is 5.33. The van der Waals surface area contributed by atoms with Crippen molar-refractivity contribution in [2.24, 2.45) is 7.05 Å². The van der Waals surface area contributed by atoms with E-state index in [9.17, 15) is 4.79 Å². The van der Waals surface area contributed by atoms with Crippen LogP contribution >= 0.6 is 0 Å². The molecule has 0 aliphatic carbocycles. The Bertz CT molecular complexity index is 943. The Morgan fingerprint density at radius 3 is 2.89 bits per heavy atom. The fourth-order valence-corrected chi connectivity index (χ4v) is 3.78. The summed E-state index contributed by atoms with van der Waals surface area (Å²) in [6.45, 7) is 6.41. The van der Waals surface area contributed by atoms with Crippen LogP contribution in [0.3, 0.4) is 0 Å². The minimum absolute atomic E-state index is 0.113. The van der Waals surface area contributed by atoms with Crippen molar-refractivity contribution in [3.05, 3.63) is 53.8 Å². The van der Waals surface area contributed by atoms with Crippen LogP contribution in [0, 0.1) is 6.92 Å². The number of aromatic nitrogens is 2. The summed E-state index contributed by atoms with van der Waals surface area (Å²) in [4.78, 5) is 21.8. The molecule has 0 atom stereocenters. The number of carbonyl (C=O) groups is 1. The molecule has 1 fully saturated rings. The highest BCUT2D eigenvalue weighted by molar-refractivity contribution is 5.97. The van der Waals surface area contributed by atoms with Gasteiger partial charge >= 0.3 is 0 Å². The minimum atomic E-state index is 0.113. The standard InChI is InChI=1S/C21H26N4O2/c1-16-14-18-15-17(4-5-19(18)27-16)21(26)25-9-3-8-24(12-13-25)10-6-20-22-7-11-23(20)2/h4-5,7,11,14-15H,3,6,8-10,12-13H2,1-2H3. The molecule has 1 aromatic carbocycles. The fourth-order valence-electron chi connectivity index (χ4n) is 3.78. The quantitative estimate of drug-likeness (QED) is 0.712. The second-order valence-corrected chi connectivity index (χ2v) is 7.30. The molecule has 4 rings (SSSR count). The molecule has 27 heavy (non-hydrogen) atoms. The molecule has 3 aromatic rings. The number of imidazole rings is 1. The lowest BCUT2D eigenvalue weighted by molar-refractivity contribution is 0.0761. The first-order chi connectivity index (χ1) is 13.1. The molecule has 1 aliphatic rings. The normalized spacial score (nSPS) is 16.0. The Labute approximate surface area is 159 Å². The van der Waals surface area contributed by atoms with Crippen LogP contribution in [-0.4, -0.2) is 58.0 Å². The van der Waals surface area contributed by atoms with E-state index in [0.717, 1.165) is 73.7 Å². The number of amides is 1. The van der Waals surface area contributed by atoms with E-state index in [1.54, 1.807) is 0 Å². The number of furan rings is 1. The second kappa shape index (κ2) is 7.56. The molecular weight excluding hydrogens is 340 g/mol. The third kappa shape index (κ3) is 3.90. The number of fused-ring (bicyclic) bond motifs is 1. The molecule has 0 spiro atoms. The molecule has 2 aromatic heterocycles. The van der Waals surface area contributed by atoms with Crippen molar-refractivity contribution in [2.45, 2.75) is 19.8 Å². The summed E-state index contributed by atoms with van der Waals surface area (Å²) in [6.07, 6.45) is 5.76. The monoisotopic (exact) mass is 366 g/mol. The van der Waals surface area contributed by atoms with Gasteiger partial charge in [-0.15, -0.1) is 0 Å². The van der Waals surface area contributed by atoms with Crippen LogP contribution in [0.2, 0.25) is 0 Å². The Hall–Kier alpha value is -2.60. The molecule has 6 heteroatoms. The number of hydrogen-bond donors (Lipinski definition) is 0. The Morgan fingerprint density at radius 1 is 1.19 bits per heavy atom. The smallest absolute Gasteiger partial charge is 0.253 e. The molecule has 1 aliphatic heterocycles. The van der Waals surface area contributed by atoms with Gasteiger partial charge in [0.15, 0.2) is 0 Å². The van der Waals surface area contributed by atoms with Gasteiger partial charge in [0.1, 0.15) is 17.2 Å². The van der Waals surface area contributed by atoms with Gasteiger partial charge in [-0.2, -0.15) is 0 Å². The molecule has 0 N–H and O–H groups in total. The number of nitrogens with zero attached hydrogens (tertiary/aromatic N) is 4. The van der Waals surface area contributed by atoms with E-state index in [2.05, 4.69) is 14.5 Å². The Kier molecular flexibility index (Phi) is 4.99. The lowest BCUT2D eigenvalue weighted by atomic mass is 10.1. The summed E-state index contributed by atoms with van der Waals surface area (Å²) < 4.78 is 7.68. The highest BCUT2D eigenvalue weighted by atomic mass is 16.3. The zero-order valence-electron chi connectivity index (χ0n) is 16.0. The molecule has 0 bridgehead atoms. The number of hydrogen-bond acceptors (Lipinski definition) is 4. The van der Waals surface area contributed by atoms with Crippen molar-refractivity contribution in [2.75, 3.05) is 32.7 Å². The largest absolute Gasteiger partial charge is 0.461 e. The van der Waals surface area contributed by atoms with Crippen molar-refractivity contribution >= 4 is 16.9 Å². The Morgan fingerprint density at radius 2 is 2.07 bits per heavy atom. The first-order valence-electron chi connectivity index (χ1n) is 9.58. The SMILES string of the molecule is Cc1cc2cc(C(=O)N3CCCN(CCc4nccn4C)CC3)ccc2o1. The van der Waals surface area contributed by atoms with Gasteiger partial charge in [0.25, 0.3) is 5.91 Å². The number of benzene rings is 1. The minimum Gasteiger partial charge on any atom is -0.461 e. The zero-order chi connectivity index (χ0) is 18.8. The van der Waals surface area contributed by atoms with Gasteiger partial charge in [-0.3, -0.25) is 4.79 Å². The van der Waals surface area contributed by atoms with Gasteiger partial charge in [-0.25, -0.2) is 4.98 Å². The maximum absolute atomic E-state index is 13.0. The summed E-state index contributed by atoms with van der Waals surface area (Å²) in [7, 11) is 2.03. The average Bonchev–Trinajstić information content (AvgIpc) is 3.15. The summed E-state index contributed by atoms with van der Waals surface area (Å²) in [6, 6.07) is 7.69. The first-order valence-corrected chi connectivity index (χ1v) is 9.58. The third-order valence-corrected chi connectivity index (χ3v) is 5.33. The van der Waals surface area contributed by atoms with E-state index in [0.29, 0.717) is 0 Å². The molecule has 0 radical (unpaired) electrons. The van der Waals surface area contributed by atoms with Gasteiger partial charge < -0.3 is 18.8 Å². The molecule has 142 valence electrons. The summed E-state index contributed by atoms with van der Waals surface area (Å²) in [5.74, 6) is 2.09. The summed E-state index contributed by atoms with van der Waals surface area (Å²) in [5, 5.41) is 0.991. The fraction of sp³-hybridized carbons (Fsp3) is 0.429. The lowest BCUT2D eigenvalue weighted by Crippen LogP contribution is -2.35. The highest BCUT2D eigenvalue weighted by Gasteiger charge is 2.21. The topological polar surface area (TPSA) is 54.5 Å². The van der Waals surface area contributed by atoms with E-state index in [1.165, 1.54) is 0 Å². The highest BCUT2D eigenvalue weighted by Crippen LogP contribution is 2.21. The van der Waals surface area contributed by atoms with Crippen molar-refractivity contribution < 1.29 is 9.21 Å². The van der Waals surface area contributed by atoms with Gasteiger partial charge in [0.2, 0.25) is 0 Å². The van der Waals surface area contributed by atoms with Crippen molar-refractivity contribution in [3.63, 3.8) is 0 Å². The van der Waals surface area contributed by atoms with Crippen LogP contribution in [0.1, 0.15) is 28.4 Å². The van der Waals surface area contributed by atoms with Gasteiger partial charge in [-0.05, 0) is 44.2 Å². The van der Waals surface area contributed by atoms with Crippen LogP contribution in [0.25, 0.3) is 11.0 Å². The molecule has 0 unspecified atom stereocenters. The predicted octanol–water partition coefficient (Wildman–Crippen LogP) is 2.87. The predicted molar refractivity (Wildman–Crippen MR) is 105 cm³/mol. The van der Waals surface area contributed by atoms with Crippen LogP contribution in [-0.2, 0) is 13.5 Å². The Balaban J connectivity index is 1.38. The molecular formula is C21H26N4O2. The lowest BCUT2D eigenvalue weighted by Gasteiger charge is -2.22. The molecule has 3 heterocycles. The number of aryl methyl sites for hydroxylation is 2. The maximum Gasteiger partial charge on any atom is 0.253 e. The van der Waals surface area contributed by atoms with Crippen molar-refractivity contribution in [1.82, 2.24) is 19.4 Å². The van der Waals surface area contributed by atoms with Crippen LogP contribution in [0.4, 0.5) is 0 Å². The van der Waals surface area contributed by atoms with E-state index in [4.69, 9.17) is 4.42 Å². The van der Waals surface area contributed by atoms with Gasteiger partial charge in [0.05, 0.1) is 0 Å². The van der Waals surface area contributed by atoms with Crippen molar-refractivity contribution in [1.29, 1.82) is 0 Å². The second-order valence-electron chi connectivity index (χ2n) is 7.30. The van der Waals surface area contributed by atoms with E-state index in [-0.39, 0.29) is 5.91 Å². The molecule has 6 nitrogen and oxygen atoms in total. The maximum atomic E-state index is 13.0. The van der Waals surface area contributed by atoms with Crippen molar-refractivity contribution in [3.8, 4) is 0 Å². The van der Waals surface area contributed by atoms with E-state index >= 15 is 0 Å². The van der Waals surface area contributed by atoms with Gasteiger partial charge in [-0.1, -0.05) is 0 Å². The van der Waals surface area contributed by atoms with Gasteiger partial charge in [0, 0.05) is 63.0 Å². The zero-order valence-corrected chi connectivity index (χ0v) is 16.0. The van der Waals surface area contributed by atoms with Crippen LogP contribution in [0.15, 0.2) is 41.1 Å². The number of carbonyl (C=O) groups excluding carboxylic acids is 1. The summed E-state index contributed by atoms with van der Waals surface area (Å²) in [5.41, 5.74) is 1.57. The number of rotatable bonds is 4. The molecule has 1 amide bonds. The summed E-state index contributed by atoms with van der Waals surface area (Å²) >= 11 is 0. The van der Waals surface area contributed by atoms with E-state index in [1.807, 2.05) is 55.5 Å². The van der Waals surface area contributed by atoms with Crippen LogP contribution in [0.5, 0.6) is 0 Å². The molecule has 1 saturated heterocycles. The van der Waals surface area contributed by atoms with E-state index < -0.39 is 0 Å². The average molecular weight is 366 g/mol. The first kappa shape index (κ1) is 17.8. The molecule has 0 saturated carbocycles. The van der Waals surface area contributed by atoms with Crippen LogP contribution < -0.4 is 0 Å².